The summed E-state index contributed by atoms with van der Waals surface area (Å²) in [5, 5.41) is 3.56. The van der Waals surface area contributed by atoms with Gasteiger partial charge >= 0.3 is 0 Å². The van der Waals surface area contributed by atoms with Gasteiger partial charge in [0.25, 0.3) is 0 Å². The summed E-state index contributed by atoms with van der Waals surface area (Å²) in [6.45, 7) is 15.3. The molecule has 1 saturated heterocycles. The van der Waals surface area contributed by atoms with Crippen molar-refractivity contribution < 1.29 is 0 Å². The third-order valence-corrected chi connectivity index (χ3v) is 4.27. The molecular formula is C17H36N2. The van der Waals surface area contributed by atoms with Gasteiger partial charge in [-0.15, -0.1) is 0 Å². The molecule has 1 heterocycles. The predicted molar refractivity (Wildman–Crippen MR) is 85.7 cm³/mol. The van der Waals surface area contributed by atoms with Crippen LogP contribution in [0, 0.1) is 5.92 Å². The lowest BCUT2D eigenvalue weighted by molar-refractivity contribution is 0.122. The van der Waals surface area contributed by atoms with Crippen molar-refractivity contribution in [1.29, 1.82) is 0 Å². The molecule has 0 radical (unpaired) electrons. The van der Waals surface area contributed by atoms with Gasteiger partial charge in [0.05, 0.1) is 0 Å². The second-order valence-electron chi connectivity index (χ2n) is 7.62. The molecular weight excluding hydrogens is 232 g/mol. The van der Waals surface area contributed by atoms with Crippen molar-refractivity contribution in [1.82, 2.24) is 10.2 Å². The Labute approximate surface area is 121 Å². The number of nitrogens with one attached hydrogen (secondary N) is 1. The Bertz CT molecular complexity index is 232. The molecule has 2 atom stereocenters. The molecule has 0 bridgehead atoms. The van der Waals surface area contributed by atoms with E-state index in [0.717, 1.165) is 12.0 Å². The molecule has 1 rings (SSSR count). The number of likely N-dealkylation sites (tertiary alicyclic amines) is 1. The first-order valence-electron chi connectivity index (χ1n) is 8.37. The molecule has 0 amide bonds. The second kappa shape index (κ2) is 8.26. The summed E-state index contributed by atoms with van der Waals surface area (Å²) in [6, 6.07) is 0.818. The SMILES string of the molecule is CC1CCC(C)N(CCCCCCNC(C)(C)C)C1. The molecule has 114 valence electrons. The molecule has 1 aliphatic rings. The molecule has 1 N–H and O–H groups in total. The Hall–Kier alpha value is -0.0800. The molecule has 0 spiro atoms. The monoisotopic (exact) mass is 268 g/mol. The van der Waals surface area contributed by atoms with E-state index in [-0.39, 0.29) is 5.54 Å². The summed E-state index contributed by atoms with van der Waals surface area (Å²) < 4.78 is 0. The first-order chi connectivity index (χ1) is 8.88. The number of hydrogen-bond donors (Lipinski definition) is 1. The minimum Gasteiger partial charge on any atom is -0.312 e. The fraction of sp³-hybridized carbons (Fsp3) is 1.00. The normalized spacial score (nSPS) is 25.7. The molecule has 0 saturated carbocycles. The van der Waals surface area contributed by atoms with E-state index in [9.17, 15) is 0 Å². The van der Waals surface area contributed by atoms with Crippen molar-refractivity contribution in [3.05, 3.63) is 0 Å². The van der Waals surface area contributed by atoms with Gasteiger partial charge in [-0.05, 0) is 72.4 Å². The lowest BCUT2D eigenvalue weighted by Gasteiger charge is -2.36. The number of nitrogens with zero attached hydrogens (tertiary/aromatic N) is 1. The Morgan fingerprint density at radius 3 is 2.37 bits per heavy atom. The molecule has 0 aromatic carbocycles. The molecule has 2 heteroatoms. The highest BCUT2D eigenvalue weighted by molar-refractivity contribution is 4.76. The molecule has 2 unspecified atom stereocenters. The molecule has 1 aliphatic heterocycles. The molecule has 19 heavy (non-hydrogen) atoms. The zero-order valence-electron chi connectivity index (χ0n) is 14.0. The Balaban J connectivity index is 1.98. The van der Waals surface area contributed by atoms with Crippen molar-refractivity contribution >= 4 is 0 Å². The van der Waals surface area contributed by atoms with E-state index < -0.39 is 0 Å². The summed E-state index contributed by atoms with van der Waals surface area (Å²) in [5.74, 6) is 0.909. The van der Waals surface area contributed by atoms with E-state index in [2.05, 4.69) is 44.8 Å². The van der Waals surface area contributed by atoms with E-state index in [1.54, 1.807) is 0 Å². The standard InChI is InChI=1S/C17H36N2/c1-15-10-11-16(2)19(14-15)13-9-7-6-8-12-18-17(3,4)5/h15-16,18H,6-14H2,1-5H3. The summed E-state index contributed by atoms with van der Waals surface area (Å²) >= 11 is 0. The van der Waals surface area contributed by atoms with Crippen LogP contribution in [-0.2, 0) is 0 Å². The van der Waals surface area contributed by atoms with Crippen LogP contribution in [-0.4, -0.2) is 36.1 Å². The van der Waals surface area contributed by atoms with Gasteiger partial charge < -0.3 is 10.2 Å². The van der Waals surface area contributed by atoms with Crippen LogP contribution >= 0.6 is 0 Å². The van der Waals surface area contributed by atoms with Crippen LogP contribution < -0.4 is 5.32 Å². The van der Waals surface area contributed by atoms with E-state index >= 15 is 0 Å². The van der Waals surface area contributed by atoms with E-state index in [4.69, 9.17) is 0 Å². The summed E-state index contributed by atoms with van der Waals surface area (Å²) in [5.41, 5.74) is 0.277. The van der Waals surface area contributed by atoms with Crippen LogP contribution in [0.3, 0.4) is 0 Å². The number of rotatable bonds is 7. The quantitative estimate of drug-likeness (QED) is 0.701. The minimum atomic E-state index is 0.277. The van der Waals surface area contributed by atoms with Crippen molar-refractivity contribution in [2.45, 2.75) is 84.7 Å². The van der Waals surface area contributed by atoms with Crippen LogP contribution in [0.15, 0.2) is 0 Å². The van der Waals surface area contributed by atoms with Gasteiger partial charge in [0.1, 0.15) is 0 Å². The van der Waals surface area contributed by atoms with Gasteiger partial charge in [-0.2, -0.15) is 0 Å². The maximum atomic E-state index is 3.56. The van der Waals surface area contributed by atoms with Crippen LogP contribution in [0.5, 0.6) is 0 Å². The Kier molecular flexibility index (Phi) is 7.38. The first-order valence-corrected chi connectivity index (χ1v) is 8.37. The minimum absolute atomic E-state index is 0.277. The number of piperidine rings is 1. The molecule has 2 nitrogen and oxygen atoms in total. The third kappa shape index (κ3) is 7.94. The smallest absolute Gasteiger partial charge is 0.00965 e. The molecule has 0 aliphatic carbocycles. The van der Waals surface area contributed by atoms with Crippen molar-refractivity contribution in [2.24, 2.45) is 5.92 Å². The average Bonchev–Trinajstić information content (AvgIpc) is 2.31. The average molecular weight is 268 g/mol. The molecule has 1 fully saturated rings. The maximum Gasteiger partial charge on any atom is 0.00965 e. The van der Waals surface area contributed by atoms with E-state index in [1.165, 1.54) is 58.2 Å². The van der Waals surface area contributed by atoms with Crippen LogP contribution in [0.1, 0.15) is 73.1 Å². The topological polar surface area (TPSA) is 15.3 Å². The van der Waals surface area contributed by atoms with E-state index in [0.29, 0.717) is 0 Å². The first kappa shape index (κ1) is 17.0. The highest BCUT2D eigenvalue weighted by atomic mass is 15.2. The Morgan fingerprint density at radius 2 is 1.68 bits per heavy atom. The highest BCUT2D eigenvalue weighted by Gasteiger charge is 2.21. The van der Waals surface area contributed by atoms with Crippen LogP contribution in [0.25, 0.3) is 0 Å². The van der Waals surface area contributed by atoms with E-state index in [1.807, 2.05) is 0 Å². The molecule has 0 aromatic rings. The van der Waals surface area contributed by atoms with Gasteiger partial charge in [0.15, 0.2) is 0 Å². The third-order valence-electron chi connectivity index (χ3n) is 4.27. The zero-order valence-corrected chi connectivity index (χ0v) is 14.0. The second-order valence-corrected chi connectivity index (χ2v) is 7.62. The molecule has 0 aromatic heterocycles. The number of hydrogen-bond acceptors (Lipinski definition) is 2. The van der Waals surface area contributed by atoms with Crippen LogP contribution in [0.4, 0.5) is 0 Å². The van der Waals surface area contributed by atoms with Crippen molar-refractivity contribution in [3.8, 4) is 0 Å². The number of unbranched alkanes of at least 4 members (excludes halogenated alkanes) is 3. The Morgan fingerprint density at radius 1 is 1.00 bits per heavy atom. The largest absolute Gasteiger partial charge is 0.312 e. The maximum absolute atomic E-state index is 3.56. The fourth-order valence-corrected chi connectivity index (χ4v) is 2.95. The zero-order chi connectivity index (χ0) is 14.3. The lowest BCUT2D eigenvalue weighted by atomic mass is 9.95. The van der Waals surface area contributed by atoms with Crippen molar-refractivity contribution in [2.75, 3.05) is 19.6 Å². The van der Waals surface area contributed by atoms with Gasteiger partial charge in [-0.25, -0.2) is 0 Å². The fourth-order valence-electron chi connectivity index (χ4n) is 2.95. The summed E-state index contributed by atoms with van der Waals surface area (Å²) in [7, 11) is 0. The van der Waals surface area contributed by atoms with Gasteiger partial charge in [0, 0.05) is 18.1 Å². The van der Waals surface area contributed by atoms with Gasteiger partial charge in [-0.3, -0.25) is 0 Å². The highest BCUT2D eigenvalue weighted by Crippen LogP contribution is 2.21. The van der Waals surface area contributed by atoms with Gasteiger partial charge in [-0.1, -0.05) is 19.8 Å². The predicted octanol–water partition coefficient (Wildman–Crippen LogP) is 4.06. The van der Waals surface area contributed by atoms with Crippen molar-refractivity contribution in [3.63, 3.8) is 0 Å². The van der Waals surface area contributed by atoms with Crippen LogP contribution in [0.2, 0.25) is 0 Å². The van der Waals surface area contributed by atoms with Gasteiger partial charge in [0.2, 0.25) is 0 Å². The summed E-state index contributed by atoms with van der Waals surface area (Å²) in [6.07, 6.45) is 8.30. The lowest BCUT2D eigenvalue weighted by Crippen LogP contribution is -2.41. The summed E-state index contributed by atoms with van der Waals surface area (Å²) in [4.78, 5) is 2.71.